The Hall–Kier alpha value is -0.995. The molecule has 0 aliphatic rings. The lowest BCUT2D eigenvalue weighted by molar-refractivity contribution is 0.402. The van der Waals surface area contributed by atoms with Crippen LogP contribution in [0.25, 0.3) is 0 Å². The molecule has 0 saturated carbocycles. The summed E-state index contributed by atoms with van der Waals surface area (Å²) in [5.74, 6) is 0.706. The quantitative estimate of drug-likeness (QED) is 0.667. The monoisotopic (exact) mass is 222 g/mol. The summed E-state index contributed by atoms with van der Waals surface area (Å²) in [6.45, 7) is 4.16. The highest BCUT2D eigenvalue weighted by atomic mass is 16.4. The first kappa shape index (κ1) is 13.1. The van der Waals surface area contributed by atoms with Crippen molar-refractivity contribution < 1.29 is 15.2 Å². The lowest BCUT2D eigenvalue weighted by atomic mass is 9.83. The Kier molecular flexibility index (Phi) is 4.84. The zero-order chi connectivity index (χ0) is 12.1. The van der Waals surface area contributed by atoms with Gasteiger partial charge in [-0.25, -0.2) is 0 Å². The van der Waals surface area contributed by atoms with Crippen molar-refractivity contribution in [2.45, 2.75) is 38.9 Å². The maximum atomic E-state index is 9.78. The molecule has 0 atom stereocenters. The largest absolute Gasteiger partial charge is 0.508 e. The Bertz CT molecular complexity index is 337. The maximum Gasteiger partial charge on any atom is 0.451 e. The van der Waals surface area contributed by atoms with E-state index in [1.54, 1.807) is 6.07 Å². The van der Waals surface area contributed by atoms with Gasteiger partial charge in [-0.1, -0.05) is 32.4 Å². The zero-order valence-electron chi connectivity index (χ0n) is 9.85. The zero-order valence-corrected chi connectivity index (χ0v) is 9.85. The van der Waals surface area contributed by atoms with Crippen molar-refractivity contribution >= 4 is 7.12 Å². The highest BCUT2D eigenvalue weighted by Gasteiger charge is 2.08. The van der Waals surface area contributed by atoms with Gasteiger partial charge in [-0.15, -0.1) is 0 Å². The molecular formula is C12H19BO3. The van der Waals surface area contributed by atoms with Crippen LogP contribution in [-0.2, 0) is 6.42 Å². The standard InChI is InChI=1S/C12H19BO3/c1-9(2)11-6-5-10(12(14)8-11)4-3-7-13(15)16/h5-6,8-9,14-16H,3-4,7H2,1-2H3. The first-order valence-corrected chi connectivity index (χ1v) is 5.68. The van der Waals surface area contributed by atoms with E-state index in [1.165, 1.54) is 0 Å². The second kappa shape index (κ2) is 5.92. The van der Waals surface area contributed by atoms with Crippen LogP contribution in [0.1, 0.15) is 37.3 Å². The summed E-state index contributed by atoms with van der Waals surface area (Å²) in [5, 5.41) is 27.2. The summed E-state index contributed by atoms with van der Waals surface area (Å²) in [6.07, 6.45) is 1.67. The molecule has 0 unspecified atom stereocenters. The number of aryl methyl sites for hydroxylation is 1. The van der Waals surface area contributed by atoms with E-state index in [-0.39, 0.29) is 0 Å². The van der Waals surface area contributed by atoms with Crippen LogP contribution in [0, 0.1) is 0 Å². The highest BCUT2D eigenvalue weighted by molar-refractivity contribution is 6.40. The Labute approximate surface area is 96.9 Å². The molecule has 3 nitrogen and oxygen atoms in total. The van der Waals surface area contributed by atoms with Gasteiger partial charge in [0.25, 0.3) is 0 Å². The molecule has 1 aromatic rings. The number of hydrogen-bond donors (Lipinski definition) is 3. The first-order chi connectivity index (χ1) is 7.50. The minimum Gasteiger partial charge on any atom is -0.508 e. The van der Waals surface area contributed by atoms with Crippen molar-refractivity contribution in [3.8, 4) is 5.75 Å². The number of phenolic OH excluding ortho intramolecular Hbond substituents is 1. The van der Waals surface area contributed by atoms with E-state index in [1.807, 2.05) is 12.1 Å². The molecule has 0 heterocycles. The van der Waals surface area contributed by atoms with Crippen LogP contribution >= 0.6 is 0 Å². The number of benzene rings is 1. The van der Waals surface area contributed by atoms with Crippen molar-refractivity contribution in [2.24, 2.45) is 0 Å². The Morgan fingerprint density at radius 1 is 1.25 bits per heavy atom. The van der Waals surface area contributed by atoms with Crippen LogP contribution in [-0.4, -0.2) is 22.3 Å². The smallest absolute Gasteiger partial charge is 0.451 e. The van der Waals surface area contributed by atoms with Crippen LogP contribution in [0.3, 0.4) is 0 Å². The minimum absolute atomic E-state index is 0.304. The van der Waals surface area contributed by atoms with E-state index >= 15 is 0 Å². The van der Waals surface area contributed by atoms with Gasteiger partial charge in [-0.3, -0.25) is 0 Å². The molecule has 0 radical (unpaired) electrons. The molecule has 1 aromatic carbocycles. The minimum atomic E-state index is -1.25. The van der Waals surface area contributed by atoms with Gasteiger partial charge in [0.1, 0.15) is 5.75 Å². The Balaban J connectivity index is 2.61. The Morgan fingerprint density at radius 3 is 2.44 bits per heavy atom. The lowest BCUT2D eigenvalue weighted by Crippen LogP contribution is -2.10. The van der Waals surface area contributed by atoms with Gasteiger partial charge in [0.15, 0.2) is 0 Å². The molecule has 0 bridgehead atoms. The summed E-state index contributed by atoms with van der Waals surface area (Å²) in [7, 11) is -1.25. The number of aromatic hydroxyl groups is 1. The highest BCUT2D eigenvalue weighted by Crippen LogP contribution is 2.24. The van der Waals surface area contributed by atoms with Gasteiger partial charge >= 0.3 is 7.12 Å². The molecule has 0 aliphatic heterocycles. The Morgan fingerprint density at radius 2 is 1.94 bits per heavy atom. The van der Waals surface area contributed by atoms with E-state index in [0.717, 1.165) is 11.1 Å². The van der Waals surface area contributed by atoms with Crippen molar-refractivity contribution in [1.82, 2.24) is 0 Å². The fourth-order valence-electron chi connectivity index (χ4n) is 1.63. The molecule has 0 fully saturated rings. The number of rotatable bonds is 5. The topological polar surface area (TPSA) is 60.7 Å². The number of phenols is 1. The fraction of sp³-hybridized carbons (Fsp3) is 0.500. The summed E-state index contributed by atoms with van der Waals surface area (Å²) in [4.78, 5) is 0. The van der Waals surface area contributed by atoms with Gasteiger partial charge in [0.05, 0.1) is 0 Å². The van der Waals surface area contributed by atoms with Gasteiger partial charge in [-0.2, -0.15) is 0 Å². The third kappa shape index (κ3) is 3.87. The summed E-state index contributed by atoms with van der Waals surface area (Å²) in [6, 6.07) is 5.71. The second-order valence-electron chi connectivity index (χ2n) is 4.42. The summed E-state index contributed by atoms with van der Waals surface area (Å²) < 4.78 is 0. The van der Waals surface area contributed by atoms with Gasteiger partial charge in [0.2, 0.25) is 0 Å². The van der Waals surface area contributed by atoms with E-state index in [0.29, 0.717) is 30.8 Å². The van der Waals surface area contributed by atoms with E-state index in [2.05, 4.69) is 13.8 Å². The molecule has 0 saturated heterocycles. The SMILES string of the molecule is CC(C)c1ccc(CCCB(O)O)c(O)c1. The lowest BCUT2D eigenvalue weighted by Gasteiger charge is -2.09. The molecule has 16 heavy (non-hydrogen) atoms. The van der Waals surface area contributed by atoms with Crippen LogP contribution in [0.5, 0.6) is 5.75 Å². The van der Waals surface area contributed by atoms with Crippen LogP contribution in [0.4, 0.5) is 0 Å². The van der Waals surface area contributed by atoms with Gasteiger partial charge in [0, 0.05) is 0 Å². The van der Waals surface area contributed by atoms with Gasteiger partial charge < -0.3 is 15.2 Å². The normalized spacial score (nSPS) is 10.8. The van der Waals surface area contributed by atoms with E-state index < -0.39 is 7.12 Å². The molecule has 4 heteroatoms. The first-order valence-electron chi connectivity index (χ1n) is 5.68. The average molecular weight is 222 g/mol. The predicted octanol–water partition coefficient (Wildman–Crippen LogP) is 1.92. The molecule has 0 amide bonds. The van der Waals surface area contributed by atoms with Crippen molar-refractivity contribution in [3.05, 3.63) is 29.3 Å². The van der Waals surface area contributed by atoms with Crippen molar-refractivity contribution in [1.29, 1.82) is 0 Å². The molecule has 0 aromatic heterocycles. The molecule has 3 N–H and O–H groups in total. The number of hydrogen-bond acceptors (Lipinski definition) is 3. The third-order valence-electron chi connectivity index (χ3n) is 2.68. The predicted molar refractivity (Wildman–Crippen MR) is 65.5 cm³/mol. The third-order valence-corrected chi connectivity index (χ3v) is 2.68. The van der Waals surface area contributed by atoms with Crippen molar-refractivity contribution in [2.75, 3.05) is 0 Å². The molecule has 88 valence electrons. The van der Waals surface area contributed by atoms with Crippen LogP contribution in [0.15, 0.2) is 18.2 Å². The fourth-order valence-corrected chi connectivity index (χ4v) is 1.63. The van der Waals surface area contributed by atoms with Crippen molar-refractivity contribution in [3.63, 3.8) is 0 Å². The van der Waals surface area contributed by atoms with Gasteiger partial charge in [-0.05, 0) is 35.9 Å². The molecule has 0 aliphatic carbocycles. The molecule has 0 spiro atoms. The molecule has 1 rings (SSSR count). The summed E-state index contributed by atoms with van der Waals surface area (Å²) in [5.41, 5.74) is 1.98. The maximum absolute atomic E-state index is 9.78. The van der Waals surface area contributed by atoms with Crippen LogP contribution in [0.2, 0.25) is 6.32 Å². The average Bonchev–Trinajstić information content (AvgIpc) is 2.19. The summed E-state index contributed by atoms with van der Waals surface area (Å²) >= 11 is 0. The second-order valence-corrected chi connectivity index (χ2v) is 4.42. The van der Waals surface area contributed by atoms with Crippen LogP contribution < -0.4 is 0 Å². The van der Waals surface area contributed by atoms with E-state index in [9.17, 15) is 5.11 Å². The van der Waals surface area contributed by atoms with E-state index in [4.69, 9.17) is 10.0 Å². The molecular weight excluding hydrogens is 203 g/mol.